The lowest BCUT2D eigenvalue weighted by molar-refractivity contribution is -0.141. The molecular weight excluding hydrogens is 419 g/mol. The summed E-state index contributed by atoms with van der Waals surface area (Å²) in [4.78, 5) is 24.6. The maximum Gasteiger partial charge on any atom is 0.433 e. The van der Waals surface area contributed by atoms with E-state index < -0.39 is 11.9 Å². The molecule has 2 fully saturated rings. The third-order valence-electron chi connectivity index (χ3n) is 6.39. The van der Waals surface area contributed by atoms with Gasteiger partial charge in [0.15, 0.2) is 0 Å². The predicted molar refractivity (Wildman–Crippen MR) is 116 cm³/mol. The van der Waals surface area contributed by atoms with E-state index in [9.17, 15) is 18.0 Å². The Labute approximate surface area is 185 Å². The van der Waals surface area contributed by atoms with Crippen LogP contribution in [-0.2, 0) is 6.18 Å². The van der Waals surface area contributed by atoms with Crippen LogP contribution in [-0.4, -0.2) is 46.6 Å². The number of carbonyl (C=O) groups excluding carboxylic acids is 1. The zero-order valence-electron chi connectivity index (χ0n) is 17.9. The lowest BCUT2D eigenvalue weighted by Gasteiger charge is -2.40. The number of piperidine rings is 1. The van der Waals surface area contributed by atoms with Gasteiger partial charge in [0.05, 0.1) is 0 Å². The molecular formula is C23H28F3N5O. The minimum atomic E-state index is -4.48. The summed E-state index contributed by atoms with van der Waals surface area (Å²) in [5, 5.41) is 3.01. The highest BCUT2D eigenvalue weighted by Crippen LogP contribution is 2.33. The van der Waals surface area contributed by atoms with Gasteiger partial charge in [-0.3, -0.25) is 0 Å². The summed E-state index contributed by atoms with van der Waals surface area (Å²) < 4.78 is 39.0. The summed E-state index contributed by atoms with van der Waals surface area (Å²) in [5.74, 6) is 0.425. The number of hydrogen-bond donors (Lipinski definition) is 1. The van der Waals surface area contributed by atoms with Crippen molar-refractivity contribution in [1.29, 1.82) is 0 Å². The summed E-state index contributed by atoms with van der Waals surface area (Å²) >= 11 is 0. The summed E-state index contributed by atoms with van der Waals surface area (Å²) in [6.45, 7) is 1.88. The van der Waals surface area contributed by atoms with Crippen molar-refractivity contribution in [3.8, 4) is 0 Å². The Morgan fingerprint density at radius 1 is 0.969 bits per heavy atom. The van der Waals surface area contributed by atoms with Crippen LogP contribution in [0.25, 0.3) is 0 Å². The molecule has 9 heteroatoms. The molecule has 1 N–H and O–H groups in total. The van der Waals surface area contributed by atoms with E-state index in [1.54, 1.807) is 0 Å². The molecule has 2 amide bonds. The number of alkyl halides is 3. The number of carbonyl (C=O) groups is 1. The van der Waals surface area contributed by atoms with E-state index in [1.807, 2.05) is 40.1 Å². The standard InChI is InChI=1S/C23H28F3N5O/c24-23(25,26)20-10-13-27-21(29-20)30-15-11-17(12-16-30)19-9-5-2-6-14-31(19)22(32)28-18-7-3-1-4-8-18/h1,3-4,7-8,10,13,17,19H,2,5-6,9,11-12,14-16H2,(H,28,32)/t19-/m1/s1. The normalized spacial score (nSPS) is 20.7. The second-order valence-electron chi connectivity index (χ2n) is 8.47. The number of rotatable bonds is 3. The molecule has 3 heterocycles. The number of likely N-dealkylation sites (tertiary alicyclic amines) is 1. The van der Waals surface area contributed by atoms with Gasteiger partial charge in [0.1, 0.15) is 5.69 Å². The van der Waals surface area contributed by atoms with Crippen LogP contribution in [0.2, 0.25) is 0 Å². The number of aromatic nitrogens is 2. The van der Waals surface area contributed by atoms with Gasteiger partial charge in [-0.2, -0.15) is 13.2 Å². The molecule has 32 heavy (non-hydrogen) atoms. The van der Waals surface area contributed by atoms with Gasteiger partial charge in [0.2, 0.25) is 5.95 Å². The van der Waals surface area contributed by atoms with E-state index >= 15 is 0 Å². The SMILES string of the molecule is O=C(Nc1ccccc1)N1CCCCC[C@@H]1C1CCN(c2nccc(C(F)(F)F)n2)CC1. The van der Waals surface area contributed by atoms with Gasteiger partial charge >= 0.3 is 12.2 Å². The van der Waals surface area contributed by atoms with Gasteiger partial charge in [-0.25, -0.2) is 14.8 Å². The average molecular weight is 448 g/mol. The molecule has 0 spiro atoms. The highest BCUT2D eigenvalue weighted by Gasteiger charge is 2.36. The van der Waals surface area contributed by atoms with Crippen molar-refractivity contribution in [3.05, 3.63) is 48.3 Å². The number of amides is 2. The molecule has 0 bridgehead atoms. The van der Waals surface area contributed by atoms with Crippen molar-refractivity contribution in [2.75, 3.05) is 29.9 Å². The van der Waals surface area contributed by atoms with E-state index in [1.165, 1.54) is 0 Å². The van der Waals surface area contributed by atoms with Crippen molar-refractivity contribution in [2.24, 2.45) is 5.92 Å². The smallest absolute Gasteiger partial charge is 0.341 e. The average Bonchev–Trinajstić information content (AvgIpc) is 3.06. The summed E-state index contributed by atoms with van der Waals surface area (Å²) in [6, 6.07) is 10.4. The fraction of sp³-hybridized carbons (Fsp3) is 0.522. The minimum absolute atomic E-state index is 0.0771. The van der Waals surface area contributed by atoms with Gasteiger partial charge < -0.3 is 15.1 Å². The lowest BCUT2D eigenvalue weighted by Crippen LogP contribution is -2.49. The molecule has 1 aromatic carbocycles. The number of anilines is 2. The molecule has 172 valence electrons. The number of benzene rings is 1. The van der Waals surface area contributed by atoms with E-state index in [2.05, 4.69) is 15.3 Å². The molecule has 4 rings (SSSR count). The van der Waals surface area contributed by atoms with Gasteiger partial charge in [-0.05, 0) is 49.8 Å². The van der Waals surface area contributed by atoms with Crippen LogP contribution in [0.3, 0.4) is 0 Å². The second kappa shape index (κ2) is 9.75. The van der Waals surface area contributed by atoms with Gasteiger partial charge in [-0.15, -0.1) is 0 Å². The first-order valence-electron chi connectivity index (χ1n) is 11.2. The number of para-hydroxylation sites is 1. The van der Waals surface area contributed by atoms with Crippen molar-refractivity contribution in [2.45, 2.75) is 50.7 Å². The Morgan fingerprint density at radius 3 is 2.44 bits per heavy atom. The molecule has 6 nitrogen and oxygen atoms in total. The Kier molecular flexibility index (Phi) is 6.81. The number of nitrogens with zero attached hydrogens (tertiary/aromatic N) is 4. The number of halogens is 3. The van der Waals surface area contributed by atoms with Crippen molar-refractivity contribution in [3.63, 3.8) is 0 Å². The van der Waals surface area contributed by atoms with Crippen molar-refractivity contribution < 1.29 is 18.0 Å². The highest BCUT2D eigenvalue weighted by molar-refractivity contribution is 5.89. The topological polar surface area (TPSA) is 61.4 Å². The van der Waals surface area contributed by atoms with E-state index in [0.717, 1.165) is 63.0 Å². The number of nitrogens with one attached hydrogen (secondary N) is 1. The minimum Gasteiger partial charge on any atom is -0.341 e. The summed E-state index contributed by atoms with van der Waals surface area (Å²) in [5.41, 5.74) is -0.144. The summed E-state index contributed by atoms with van der Waals surface area (Å²) in [6.07, 6.45) is 2.38. The molecule has 1 aromatic heterocycles. The lowest BCUT2D eigenvalue weighted by atomic mass is 9.86. The monoisotopic (exact) mass is 447 g/mol. The maximum absolute atomic E-state index is 13.1. The first-order chi connectivity index (χ1) is 15.4. The van der Waals surface area contributed by atoms with Crippen LogP contribution in [0, 0.1) is 5.92 Å². The largest absolute Gasteiger partial charge is 0.433 e. The Balaban J connectivity index is 1.42. The molecule has 0 saturated carbocycles. The third kappa shape index (κ3) is 5.31. The van der Waals surface area contributed by atoms with Gasteiger partial charge in [-0.1, -0.05) is 31.0 Å². The number of urea groups is 1. The molecule has 2 aromatic rings. The van der Waals surface area contributed by atoms with E-state index in [4.69, 9.17) is 0 Å². The zero-order valence-corrected chi connectivity index (χ0v) is 17.9. The van der Waals surface area contributed by atoms with Crippen LogP contribution in [0.15, 0.2) is 42.6 Å². The van der Waals surface area contributed by atoms with Gasteiger partial charge in [0.25, 0.3) is 0 Å². The maximum atomic E-state index is 13.1. The third-order valence-corrected chi connectivity index (χ3v) is 6.39. The molecule has 2 saturated heterocycles. The first-order valence-corrected chi connectivity index (χ1v) is 11.2. The van der Waals surface area contributed by atoms with E-state index in [-0.39, 0.29) is 18.0 Å². The Bertz CT molecular complexity index is 900. The molecule has 2 aliphatic heterocycles. The molecule has 2 aliphatic rings. The molecule has 0 aliphatic carbocycles. The van der Waals surface area contributed by atoms with Crippen molar-refractivity contribution >= 4 is 17.7 Å². The van der Waals surface area contributed by atoms with Crippen LogP contribution in [0.5, 0.6) is 0 Å². The Morgan fingerprint density at radius 2 is 1.72 bits per heavy atom. The fourth-order valence-electron chi connectivity index (χ4n) is 4.74. The molecule has 0 unspecified atom stereocenters. The molecule has 0 radical (unpaired) electrons. The van der Waals surface area contributed by atoms with Crippen LogP contribution in [0.1, 0.15) is 44.2 Å². The Hall–Kier alpha value is -2.84. The van der Waals surface area contributed by atoms with Crippen LogP contribution < -0.4 is 10.2 Å². The van der Waals surface area contributed by atoms with Crippen molar-refractivity contribution in [1.82, 2.24) is 14.9 Å². The number of hydrogen-bond acceptors (Lipinski definition) is 4. The quantitative estimate of drug-likeness (QED) is 0.704. The van der Waals surface area contributed by atoms with E-state index in [0.29, 0.717) is 19.0 Å². The molecule has 1 atom stereocenters. The van der Waals surface area contributed by atoms with Crippen LogP contribution in [0.4, 0.5) is 29.6 Å². The fourth-order valence-corrected chi connectivity index (χ4v) is 4.74. The summed E-state index contributed by atoms with van der Waals surface area (Å²) in [7, 11) is 0. The van der Waals surface area contributed by atoms with Gasteiger partial charge in [0, 0.05) is 37.6 Å². The van der Waals surface area contributed by atoms with Crippen LogP contribution >= 0.6 is 0 Å². The second-order valence-corrected chi connectivity index (χ2v) is 8.47. The zero-order chi connectivity index (χ0) is 22.6. The first kappa shape index (κ1) is 22.4. The highest BCUT2D eigenvalue weighted by atomic mass is 19.4. The predicted octanol–water partition coefficient (Wildman–Crippen LogP) is 5.19.